The van der Waals surface area contributed by atoms with Gasteiger partial charge in [-0.25, -0.2) is 0 Å². The third kappa shape index (κ3) is 4.70. The minimum Gasteiger partial charge on any atom is -0.539 e. The van der Waals surface area contributed by atoms with E-state index in [9.17, 15) is 14.7 Å². The van der Waals surface area contributed by atoms with E-state index in [1.807, 2.05) is 18.2 Å². The van der Waals surface area contributed by atoms with Crippen molar-refractivity contribution < 1.29 is 33.4 Å². The summed E-state index contributed by atoms with van der Waals surface area (Å²) in [5, 5.41) is 18.7. The van der Waals surface area contributed by atoms with Gasteiger partial charge in [-0.15, -0.1) is 0 Å². The van der Waals surface area contributed by atoms with Crippen molar-refractivity contribution in [2.24, 2.45) is 0 Å². The van der Waals surface area contributed by atoms with E-state index >= 15 is 0 Å². The molecule has 10 heteroatoms. The van der Waals surface area contributed by atoms with Crippen molar-refractivity contribution in [3.63, 3.8) is 0 Å². The molecule has 0 saturated carbocycles. The molecule has 10 nitrogen and oxygen atoms in total. The minimum absolute atomic E-state index is 0.00395. The van der Waals surface area contributed by atoms with Gasteiger partial charge in [0.15, 0.2) is 5.95 Å². The predicted molar refractivity (Wildman–Crippen MR) is 109 cm³/mol. The highest BCUT2D eigenvalue weighted by Gasteiger charge is 2.34. The SMILES string of the molecule is COc1ccc(NC(=O)CC2OCCN(Cc3c([O-])on[n+]3-c3ccccc3)C2=O)cc1. The Morgan fingerprint density at radius 2 is 2.00 bits per heavy atom. The summed E-state index contributed by atoms with van der Waals surface area (Å²) in [7, 11) is 1.56. The number of hydrogen-bond donors (Lipinski definition) is 1. The van der Waals surface area contributed by atoms with E-state index < -0.39 is 12.1 Å². The number of nitrogens with zero attached hydrogens (tertiary/aromatic N) is 3. The summed E-state index contributed by atoms with van der Waals surface area (Å²) >= 11 is 0. The molecular formula is C22H22N4O6. The maximum atomic E-state index is 12.9. The fourth-order valence-corrected chi connectivity index (χ4v) is 3.40. The molecule has 0 aliphatic carbocycles. The number of nitrogens with one attached hydrogen (secondary N) is 1. The Morgan fingerprint density at radius 1 is 1.25 bits per heavy atom. The average Bonchev–Trinajstić information content (AvgIpc) is 3.17. The van der Waals surface area contributed by atoms with Gasteiger partial charge in [-0.3, -0.25) is 9.59 Å². The fourth-order valence-electron chi connectivity index (χ4n) is 3.40. The predicted octanol–water partition coefficient (Wildman–Crippen LogP) is 0.790. The standard InChI is InChI=1S/C22H22N4O6/c1-30-17-9-7-15(8-10-17)23-20(27)13-19-21(28)25(11-12-31-19)14-18-22(29)32-24-26(18)16-5-3-2-4-6-16/h2-10,19H,11-14H2,1H3,(H-,23,24,27,29). The van der Waals surface area contributed by atoms with Gasteiger partial charge in [-0.2, -0.15) is 0 Å². The molecule has 32 heavy (non-hydrogen) atoms. The number of para-hydroxylation sites is 1. The largest absolute Gasteiger partial charge is 0.539 e. The van der Waals surface area contributed by atoms with E-state index in [4.69, 9.17) is 14.0 Å². The van der Waals surface area contributed by atoms with E-state index in [1.165, 1.54) is 9.58 Å². The van der Waals surface area contributed by atoms with Crippen LogP contribution in [-0.2, 0) is 20.9 Å². The van der Waals surface area contributed by atoms with Crippen molar-refractivity contribution in [3.05, 3.63) is 60.3 Å². The molecule has 1 atom stereocenters. The van der Waals surface area contributed by atoms with E-state index in [0.717, 1.165) is 0 Å². The van der Waals surface area contributed by atoms with Gasteiger partial charge in [0.2, 0.25) is 11.6 Å². The molecule has 1 aromatic heterocycles. The highest BCUT2D eigenvalue weighted by atomic mass is 16.6. The lowest BCUT2D eigenvalue weighted by molar-refractivity contribution is -0.678. The Bertz CT molecular complexity index is 1080. The first-order valence-corrected chi connectivity index (χ1v) is 10.0. The second-order valence-electron chi connectivity index (χ2n) is 7.15. The number of anilines is 1. The zero-order valence-corrected chi connectivity index (χ0v) is 17.4. The molecule has 1 aliphatic heterocycles. The Morgan fingerprint density at radius 3 is 2.72 bits per heavy atom. The van der Waals surface area contributed by atoms with Crippen molar-refractivity contribution in [3.8, 4) is 17.4 Å². The number of morpholine rings is 1. The normalized spacial score (nSPS) is 16.1. The summed E-state index contributed by atoms with van der Waals surface area (Å²) < 4.78 is 16.8. The van der Waals surface area contributed by atoms with Crippen LogP contribution >= 0.6 is 0 Å². The number of hydrogen-bond acceptors (Lipinski definition) is 7. The van der Waals surface area contributed by atoms with Crippen molar-refractivity contribution in [2.45, 2.75) is 19.1 Å². The van der Waals surface area contributed by atoms with Crippen LogP contribution in [-0.4, -0.2) is 48.4 Å². The van der Waals surface area contributed by atoms with E-state index in [-0.39, 0.29) is 43.6 Å². The first-order valence-electron chi connectivity index (χ1n) is 10.0. The molecule has 1 aliphatic rings. The van der Waals surface area contributed by atoms with Crippen LogP contribution in [0.25, 0.3) is 5.69 Å². The van der Waals surface area contributed by atoms with Gasteiger partial charge in [-0.05, 0) is 28.9 Å². The van der Waals surface area contributed by atoms with Crippen LogP contribution in [0.5, 0.6) is 11.7 Å². The molecule has 4 rings (SSSR count). The van der Waals surface area contributed by atoms with Gasteiger partial charge in [0, 0.05) is 24.4 Å². The maximum Gasteiger partial charge on any atom is 0.259 e. The number of benzene rings is 2. The molecule has 0 spiro atoms. The first-order chi connectivity index (χ1) is 15.5. The molecule has 2 heterocycles. The molecule has 1 fully saturated rings. The Balaban J connectivity index is 1.41. The molecule has 2 amide bonds. The van der Waals surface area contributed by atoms with Crippen molar-refractivity contribution in [1.29, 1.82) is 0 Å². The third-order valence-electron chi connectivity index (χ3n) is 5.05. The van der Waals surface area contributed by atoms with Crippen molar-refractivity contribution in [1.82, 2.24) is 10.2 Å². The Kier molecular flexibility index (Phi) is 6.31. The number of aromatic nitrogens is 2. The summed E-state index contributed by atoms with van der Waals surface area (Å²) in [4.78, 5) is 26.8. The van der Waals surface area contributed by atoms with Gasteiger partial charge in [0.1, 0.15) is 18.4 Å². The molecule has 1 unspecified atom stereocenters. The quantitative estimate of drug-likeness (QED) is 0.542. The second-order valence-corrected chi connectivity index (χ2v) is 7.15. The van der Waals surface area contributed by atoms with Gasteiger partial charge < -0.3 is 29.3 Å². The van der Waals surface area contributed by atoms with Crippen LogP contribution in [0.2, 0.25) is 0 Å². The first kappa shape index (κ1) is 21.3. The molecule has 1 saturated heterocycles. The lowest BCUT2D eigenvalue weighted by Gasteiger charge is -2.31. The van der Waals surface area contributed by atoms with E-state index in [0.29, 0.717) is 17.1 Å². The summed E-state index contributed by atoms with van der Waals surface area (Å²) in [5.74, 6) is -0.684. The molecule has 166 valence electrons. The number of methoxy groups -OCH3 is 1. The second kappa shape index (κ2) is 9.48. The number of ether oxygens (including phenoxy) is 2. The molecular weight excluding hydrogens is 416 g/mol. The van der Waals surface area contributed by atoms with Crippen LogP contribution in [0.1, 0.15) is 12.1 Å². The molecule has 0 radical (unpaired) electrons. The van der Waals surface area contributed by atoms with Crippen molar-refractivity contribution in [2.75, 3.05) is 25.6 Å². The number of carbonyl (C=O) groups is 2. The topological polar surface area (TPSA) is 121 Å². The average molecular weight is 438 g/mol. The monoisotopic (exact) mass is 438 g/mol. The number of carbonyl (C=O) groups excluding carboxylic acids is 2. The van der Waals surface area contributed by atoms with E-state index in [2.05, 4.69) is 10.6 Å². The fraction of sp³-hybridized carbons (Fsp3) is 0.273. The number of rotatable bonds is 7. The lowest BCUT2D eigenvalue weighted by Crippen LogP contribution is -2.50. The third-order valence-corrected chi connectivity index (χ3v) is 5.05. The van der Waals surface area contributed by atoms with Crippen LogP contribution in [0.15, 0.2) is 59.1 Å². The molecule has 3 aromatic rings. The summed E-state index contributed by atoms with van der Waals surface area (Å²) in [6.45, 7) is 0.530. The van der Waals surface area contributed by atoms with Crippen LogP contribution < -0.4 is 19.8 Å². The highest BCUT2D eigenvalue weighted by molar-refractivity contribution is 5.95. The van der Waals surface area contributed by atoms with Gasteiger partial charge in [-0.1, -0.05) is 18.2 Å². The molecule has 0 bridgehead atoms. The van der Waals surface area contributed by atoms with Crippen LogP contribution in [0.4, 0.5) is 5.69 Å². The van der Waals surface area contributed by atoms with Gasteiger partial charge in [0.25, 0.3) is 11.6 Å². The number of amides is 2. The summed E-state index contributed by atoms with van der Waals surface area (Å²) in [6, 6.07) is 15.9. The maximum absolute atomic E-state index is 12.9. The van der Waals surface area contributed by atoms with Crippen LogP contribution in [0.3, 0.4) is 0 Å². The summed E-state index contributed by atoms with van der Waals surface area (Å²) in [6.07, 6.45) is -1.09. The Labute approximate surface area is 183 Å². The smallest absolute Gasteiger partial charge is 0.259 e. The zero-order valence-electron chi connectivity index (χ0n) is 17.4. The Hall–Kier alpha value is -3.92. The highest BCUT2D eigenvalue weighted by Crippen LogP contribution is 2.19. The molecule has 1 N–H and O–H groups in total. The van der Waals surface area contributed by atoms with Gasteiger partial charge in [0.05, 0.1) is 25.4 Å². The molecule has 2 aromatic carbocycles. The van der Waals surface area contributed by atoms with E-state index in [1.54, 1.807) is 43.5 Å². The lowest BCUT2D eigenvalue weighted by atomic mass is 10.1. The summed E-state index contributed by atoms with van der Waals surface area (Å²) in [5.41, 5.74) is 1.44. The van der Waals surface area contributed by atoms with Crippen LogP contribution in [0, 0.1) is 0 Å². The van der Waals surface area contributed by atoms with Crippen molar-refractivity contribution >= 4 is 17.5 Å². The van der Waals surface area contributed by atoms with Gasteiger partial charge >= 0.3 is 0 Å². The minimum atomic E-state index is -0.942. The zero-order chi connectivity index (χ0) is 22.5.